The topological polar surface area (TPSA) is 96.0 Å². The van der Waals surface area contributed by atoms with E-state index in [1.165, 1.54) is 0 Å². The number of carbonyl (C=O) groups is 2. The van der Waals surface area contributed by atoms with Crippen LogP contribution in [-0.2, 0) is 19.1 Å². The number of rotatable bonds is 8. The Balaban J connectivity index is 1.30. The van der Waals surface area contributed by atoms with Gasteiger partial charge in [-0.3, -0.25) is 15.0 Å². The first-order chi connectivity index (χ1) is 15.3. The molecule has 1 aromatic rings. The molecule has 3 rings (SSSR count). The molecule has 0 radical (unpaired) electrons. The van der Waals surface area contributed by atoms with Gasteiger partial charge in [-0.05, 0) is 12.1 Å². The summed E-state index contributed by atoms with van der Waals surface area (Å²) in [5, 5.41) is 0.564. The minimum Gasteiger partial charge on any atom is -0.379 e. The van der Waals surface area contributed by atoms with Crippen molar-refractivity contribution in [3.63, 3.8) is 0 Å². The van der Waals surface area contributed by atoms with Gasteiger partial charge in [0.2, 0.25) is 11.8 Å². The highest BCUT2D eigenvalue weighted by atomic mass is 35.5. The Kier molecular flexibility index (Phi) is 8.51. The number of aromatic nitrogens is 1. The zero-order valence-corrected chi connectivity index (χ0v) is 18.0. The van der Waals surface area contributed by atoms with Crippen molar-refractivity contribution in [3.05, 3.63) is 23.4 Å². The number of alkyl halides is 3. The molecular weight excluding hydrogens is 455 g/mol. The maximum absolute atomic E-state index is 13.0. The van der Waals surface area contributed by atoms with E-state index in [-0.39, 0.29) is 38.7 Å². The molecule has 2 atom stereocenters. The lowest BCUT2D eigenvalue weighted by Gasteiger charge is -2.35. The molecule has 0 bridgehead atoms. The molecule has 0 saturated carbocycles. The highest BCUT2D eigenvalue weighted by molar-refractivity contribution is 6.30. The number of hydrogen-bond donors (Lipinski definition) is 2. The Labute approximate surface area is 188 Å². The summed E-state index contributed by atoms with van der Waals surface area (Å²) < 4.78 is 49.6. The molecular formula is C19H25ClF3N5O4. The molecule has 32 heavy (non-hydrogen) atoms. The van der Waals surface area contributed by atoms with Crippen molar-refractivity contribution in [1.29, 1.82) is 0 Å². The van der Waals surface area contributed by atoms with E-state index in [0.29, 0.717) is 31.2 Å². The predicted molar refractivity (Wildman–Crippen MR) is 109 cm³/mol. The largest absolute Gasteiger partial charge is 0.403 e. The lowest BCUT2D eigenvalue weighted by molar-refractivity contribution is -0.214. The third-order valence-corrected chi connectivity index (χ3v) is 5.43. The van der Waals surface area contributed by atoms with Crippen molar-refractivity contribution in [2.24, 2.45) is 5.92 Å². The Morgan fingerprint density at radius 2 is 1.94 bits per heavy atom. The van der Waals surface area contributed by atoms with Gasteiger partial charge in [0.05, 0.1) is 37.4 Å². The van der Waals surface area contributed by atoms with Gasteiger partial charge in [0.25, 0.3) is 0 Å². The fourth-order valence-corrected chi connectivity index (χ4v) is 3.65. The van der Waals surface area contributed by atoms with Gasteiger partial charge in [-0.15, -0.1) is 0 Å². The Morgan fingerprint density at radius 1 is 1.19 bits per heavy atom. The van der Waals surface area contributed by atoms with E-state index in [2.05, 4.69) is 15.3 Å². The number of pyridine rings is 1. The third kappa shape index (κ3) is 6.67. The van der Waals surface area contributed by atoms with Crippen LogP contribution in [0.1, 0.15) is 6.42 Å². The van der Waals surface area contributed by atoms with E-state index in [0.717, 1.165) is 5.82 Å². The molecule has 2 aliphatic rings. The van der Waals surface area contributed by atoms with Gasteiger partial charge in [0.1, 0.15) is 5.82 Å². The van der Waals surface area contributed by atoms with Crippen molar-refractivity contribution >= 4 is 29.2 Å². The van der Waals surface area contributed by atoms with E-state index in [9.17, 15) is 22.8 Å². The Morgan fingerprint density at radius 3 is 2.59 bits per heavy atom. The molecule has 0 aromatic carbocycles. The number of anilines is 1. The van der Waals surface area contributed by atoms with E-state index >= 15 is 0 Å². The van der Waals surface area contributed by atoms with Gasteiger partial charge in [-0.1, -0.05) is 11.6 Å². The molecule has 2 N–H and O–H groups in total. The SMILES string of the molecule is O=C1NNCC(OCCOCCC(=O)N2CCN(c3ccc(Cl)cn3)CC2)C1C(F)(F)F. The normalized spacial score (nSPS) is 22.1. The maximum atomic E-state index is 13.0. The molecule has 2 amide bonds. The quantitative estimate of drug-likeness (QED) is 0.537. The van der Waals surface area contributed by atoms with Crippen molar-refractivity contribution < 1.29 is 32.2 Å². The minimum absolute atomic E-state index is 0.0198. The number of piperazine rings is 1. The van der Waals surface area contributed by atoms with Crippen LogP contribution in [0, 0.1) is 5.92 Å². The van der Waals surface area contributed by atoms with Gasteiger partial charge in [-0.2, -0.15) is 13.2 Å². The monoisotopic (exact) mass is 479 g/mol. The molecule has 178 valence electrons. The number of carbonyl (C=O) groups excluding carboxylic acids is 2. The second-order valence-electron chi connectivity index (χ2n) is 7.36. The summed E-state index contributed by atoms with van der Waals surface area (Å²) in [6.07, 6.45) is -4.28. The van der Waals surface area contributed by atoms with Crippen LogP contribution in [0.25, 0.3) is 0 Å². The van der Waals surface area contributed by atoms with Crippen LogP contribution in [0.4, 0.5) is 19.0 Å². The smallest absolute Gasteiger partial charge is 0.379 e. The summed E-state index contributed by atoms with van der Waals surface area (Å²) in [6.45, 7) is 2.29. The first-order valence-corrected chi connectivity index (χ1v) is 10.6. The van der Waals surface area contributed by atoms with Gasteiger partial charge in [0, 0.05) is 38.9 Å². The van der Waals surface area contributed by atoms with Crippen LogP contribution in [-0.4, -0.2) is 86.5 Å². The van der Waals surface area contributed by atoms with Gasteiger partial charge < -0.3 is 19.3 Å². The zero-order chi connectivity index (χ0) is 23.1. The number of halogens is 4. The minimum atomic E-state index is -4.70. The highest BCUT2D eigenvalue weighted by Crippen LogP contribution is 2.31. The lowest BCUT2D eigenvalue weighted by Crippen LogP contribution is -2.60. The van der Waals surface area contributed by atoms with E-state index in [4.69, 9.17) is 21.1 Å². The number of ether oxygens (including phenoxy) is 2. The van der Waals surface area contributed by atoms with Gasteiger partial charge in [-0.25, -0.2) is 10.4 Å². The van der Waals surface area contributed by atoms with Crippen molar-refractivity contribution in [3.8, 4) is 0 Å². The number of nitrogens with one attached hydrogen (secondary N) is 2. The second-order valence-corrected chi connectivity index (χ2v) is 7.80. The number of hydrazine groups is 1. The zero-order valence-electron chi connectivity index (χ0n) is 17.2. The van der Waals surface area contributed by atoms with Crippen LogP contribution in [0.15, 0.2) is 18.3 Å². The molecule has 2 aliphatic heterocycles. The van der Waals surface area contributed by atoms with Crippen LogP contribution in [0.2, 0.25) is 5.02 Å². The summed E-state index contributed by atoms with van der Waals surface area (Å²) in [4.78, 5) is 31.9. The molecule has 2 fully saturated rings. The molecule has 3 heterocycles. The van der Waals surface area contributed by atoms with Gasteiger partial charge >= 0.3 is 6.18 Å². The number of amides is 2. The average Bonchev–Trinajstić information content (AvgIpc) is 2.76. The van der Waals surface area contributed by atoms with Crippen molar-refractivity contribution in [2.45, 2.75) is 18.7 Å². The van der Waals surface area contributed by atoms with Crippen LogP contribution >= 0.6 is 11.6 Å². The predicted octanol–water partition coefficient (Wildman–Crippen LogP) is 0.988. The molecule has 1 aromatic heterocycles. The fraction of sp³-hybridized carbons (Fsp3) is 0.632. The second kappa shape index (κ2) is 11.1. The highest BCUT2D eigenvalue weighted by Gasteiger charge is 2.51. The molecule has 2 unspecified atom stereocenters. The van der Waals surface area contributed by atoms with Crippen LogP contribution in [0.3, 0.4) is 0 Å². The molecule has 0 aliphatic carbocycles. The summed E-state index contributed by atoms with van der Waals surface area (Å²) in [5.74, 6) is -2.65. The van der Waals surface area contributed by atoms with Crippen molar-refractivity contribution in [1.82, 2.24) is 20.7 Å². The lowest BCUT2D eigenvalue weighted by atomic mass is 9.99. The van der Waals surface area contributed by atoms with Crippen LogP contribution in [0.5, 0.6) is 0 Å². The summed E-state index contributed by atoms with van der Waals surface area (Å²) >= 11 is 5.85. The third-order valence-electron chi connectivity index (χ3n) is 5.21. The number of nitrogens with zero attached hydrogens (tertiary/aromatic N) is 3. The molecule has 13 heteroatoms. The molecule has 0 spiro atoms. The number of hydrogen-bond acceptors (Lipinski definition) is 7. The van der Waals surface area contributed by atoms with Gasteiger partial charge in [0.15, 0.2) is 5.92 Å². The van der Waals surface area contributed by atoms with E-state index < -0.39 is 24.1 Å². The molecule has 2 saturated heterocycles. The first kappa shape index (κ1) is 24.5. The van der Waals surface area contributed by atoms with E-state index in [1.54, 1.807) is 17.2 Å². The van der Waals surface area contributed by atoms with E-state index in [1.807, 2.05) is 11.5 Å². The maximum Gasteiger partial charge on any atom is 0.403 e. The summed E-state index contributed by atoms with van der Waals surface area (Å²) in [7, 11) is 0. The average molecular weight is 480 g/mol. The standard InChI is InChI=1S/C19H25ClF3N5O4/c20-13-1-2-15(24-11-13)27-4-6-28(7-5-27)16(29)3-8-31-9-10-32-14-12-25-26-18(30)17(14)19(21,22)23/h1-2,11,14,17,25H,3-10,12H2,(H,26,30). The Bertz CT molecular complexity index is 775. The summed E-state index contributed by atoms with van der Waals surface area (Å²) in [6, 6.07) is 3.60. The first-order valence-electron chi connectivity index (χ1n) is 10.2. The fourth-order valence-electron chi connectivity index (χ4n) is 3.54. The Hall–Kier alpha value is -2.15. The summed E-state index contributed by atoms with van der Waals surface area (Å²) in [5.41, 5.74) is 4.34. The molecule has 9 nitrogen and oxygen atoms in total. The van der Waals surface area contributed by atoms with Crippen molar-refractivity contribution in [2.75, 3.05) is 57.4 Å². The van der Waals surface area contributed by atoms with Crippen LogP contribution < -0.4 is 15.8 Å².